The maximum absolute atomic E-state index is 12.1. The maximum atomic E-state index is 12.1. The van der Waals surface area contributed by atoms with Crippen LogP contribution in [0.2, 0.25) is 0 Å². The first-order chi connectivity index (χ1) is 9.56. The molecule has 1 amide bonds. The average Bonchev–Trinajstić information content (AvgIpc) is 2.50. The number of amides is 1. The van der Waals surface area contributed by atoms with Gasteiger partial charge in [0.15, 0.2) is 0 Å². The molecule has 20 heavy (non-hydrogen) atoms. The van der Waals surface area contributed by atoms with Crippen molar-refractivity contribution in [3.63, 3.8) is 0 Å². The zero-order chi connectivity index (χ0) is 15.0. The van der Waals surface area contributed by atoms with Crippen molar-refractivity contribution >= 4 is 17.7 Å². The number of aromatic nitrogens is 1. The second kappa shape index (κ2) is 8.27. The molecule has 0 aromatic carbocycles. The van der Waals surface area contributed by atoms with E-state index in [1.165, 1.54) is 11.8 Å². The van der Waals surface area contributed by atoms with Gasteiger partial charge >= 0.3 is 0 Å². The molecule has 1 aromatic heterocycles. The predicted octanol–water partition coefficient (Wildman–Crippen LogP) is 2.48. The lowest BCUT2D eigenvalue weighted by atomic mass is 9.83. The van der Waals surface area contributed by atoms with Crippen molar-refractivity contribution in [3.8, 4) is 0 Å². The van der Waals surface area contributed by atoms with Crippen LogP contribution in [0, 0.1) is 5.41 Å². The lowest BCUT2D eigenvalue weighted by Gasteiger charge is -2.30. The molecule has 0 aliphatic rings. The zero-order valence-corrected chi connectivity index (χ0v) is 13.2. The van der Waals surface area contributed by atoms with Gasteiger partial charge in [-0.25, -0.2) is 4.98 Å². The van der Waals surface area contributed by atoms with Gasteiger partial charge in [0.1, 0.15) is 0 Å². The second-order valence-corrected chi connectivity index (χ2v) is 6.37. The van der Waals surface area contributed by atoms with Gasteiger partial charge < -0.3 is 10.4 Å². The Kier molecular flexibility index (Phi) is 7.02. The molecule has 112 valence electrons. The second-order valence-electron chi connectivity index (χ2n) is 5.01. The predicted molar refractivity (Wildman–Crippen MR) is 82.7 cm³/mol. The lowest BCUT2D eigenvalue weighted by Crippen LogP contribution is -2.42. The van der Waals surface area contributed by atoms with E-state index in [0.717, 1.165) is 17.9 Å². The molecule has 1 unspecified atom stereocenters. The van der Waals surface area contributed by atoms with Crippen molar-refractivity contribution in [3.05, 3.63) is 24.4 Å². The summed E-state index contributed by atoms with van der Waals surface area (Å²) in [6.07, 6.45) is 3.42. The van der Waals surface area contributed by atoms with Crippen LogP contribution in [-0.2, 0) is 4.79 Å². The quantitative estimate of drug-likeness (QED) is 0.724. The molecule has 0 saturated heterocycles. The van der Waals surface area contributed by atoms with E-state index in [1.54, 1.807) is 6.20 Å². The normalized spacial score (nSPS) is 13.0. The summed E-state index contributed by atoms with van der Waals surface area (Å²) in [5.41, 5.74) is -0.203. The molecule has 4 nitrogen and oxygen atoms in total. The fraction of sp³-hybridized carbons (Fsp3) is 0.600. The third kappa shape index (κ3) is 4.80. The number of hydrogen-bond donors (Lipinski definition) is 2. The topological polar surface area (TPSA) is 62.2 Å². The van der Waals surface area contributed by atoms with E-state index in [4.69, 9.17) is 0 Å². The van der Waals surface area contributed by atoms with Crippen LogP contribution >= 0.6 is 11.8 Å². The Morgan fingerprint density at radius 1 is 1.45 bits per heavy atom. The minimum absolute atomic E-state index is 0.0135. The van der Waals surface area contributed by atoms with Gasteiger partial charge in [0.25, 0.3) is 0 Å². The summed E-state index contributed by atoms with van der Waals surface area (Å²) in [5, 5.41) is 13.1. The van der Waals surface area contributed by atoms with Crippen LogP contribution in [0.15, 0.2) is 29.4 Å². The molecule has 0 aliphatic heterocycles. The molecule has 0 bridgehead atoms. The fourth-order valence-corrected chi connectivity index (χ4v) is 2.68. The molecule has 5 heteroatoms. The third-order valence-corrected chi connectivity index (χ3v) is 4.83. The zero-order valence-electron chi connectivity index (χ0n) is 12.4. The fourth-order valence-electron chi connectivity index (χ4n) is 1.85. The van der Waals surface area contributed by atoms with Gasteiger partial charge in [0, 0.05) is 18.2 Å². The molecular formula is C15H24N2O2S. The highest BCUT2D eigenvalue weighted by atomic mass is 32.2. The summed E-state index contributed by atoms with van der Waals surface area (Å²) in [5.74, 6) is -0.0135. The van der Waals surface area contributed by atoms with Crippen LogP contribution in [0.1, 0.15) is 33.6 Å². The Labute approximate surface area is 125 Å². The Balaban J connectivity index is 2.50. The minimum atomic E-state index is -0.203. The van der Waals surface area contributed by atoms with Crippen LogP contribution in [-0.4, -0.2) is 34.4 Å². The third-order valence-electron chi connectivity index (χ3n) is 3.78. The van der Waals surface area contributed by atoms with Crippen LogP contribution in [0.5, 0.6) is 0 Å². The number of carbonyl (C=O) groups excluding carboxylic acids is 1. The van der Waals surface area contributed by atoms with E-state index >= 15 is 0 Å². The van der Waals surface area contributed by atoms with E-state index in [9.17, 15) is 9.90 Å². The molecule has 2 N–H and O–H groups in total. The van der Waals surface area contributed by atoms with Crippen molar-refractivity contribution in [2.45, 2.75) is 43.9 Å². The Hall–Kier alpha value is -1.07. The standard InChI is InChI=1S/C15H24N2O2S/c1-4-15(5-2,11-18)10-17-14(19)12(3)20-13-8-6-7-9-16-13/h6-9,12,18H,4-5,10-11H2,1-3H3,(H,17,19). The van der Waals surface area contributed by atoms with Gasteiger partial charge in [0.05, 0.1) is 16.9 Å². The lowest BCUT2D eigenvalue weighted by molar-refractivity contribution is -0.121. The molecule has 0 fully saturated rings. The van der Waals surface area contributed by atoms with Crippen molar-refractivity contribution in [1.29, 1.82) is 0 Å². The summed E-state index contributed by atoms with van der Waals surface area (Å²) < 4.78 is 0. The Morgan fingerprint density at radius 3 is 2.65 bits per heavy atom. The largest absolute Gasteiger partial charge is 0.396 e. The number of hydrogen-bond acceptors (Lipinski definition) is 4. The van der Waals surface area contributed by atoms with E-state index in [1.807, 2.05) is 39.0 Å². The van der Waals surface area contributed by atoms with Crippen molar-refractivity contribution in [2.75, 3.05) is 13.2 Å². The van der Waals surface area contributed by atoms with E-state index < -0.39 is 0 Å². The number of aliphatic hydroxyl groups excluding tert-OH is 1. The minimum Gasteiger partial charge on any atom is -0.396 e. The molecular weight excluding hydrogens is 272 g/mol. The van der Waals surface area contributed by atoms with Crippen LogP contribution in [0.4, 0.5) is 0 Å². The molecule has 1 rings (SSSR count). The first kappa shape index (κ1) is 17.0. The van der Waals surface area contributed by atoms with Crippen molar-refractivity contribution in [1.82, 2.24) is 10.3 Å². The first-order valence-corrected chi connectivity index (χ1v) is 7.91. The highest BCUT2D eigenvalue weighted by molar-refractivity contribution is 8.00. The molecule has 1 aromatic rings. The molecule has 0 radical (unpaired) electrons. The highest BCUT2D eigenvalue weighted by Gasteiger charge is 2.26. The van der Waals surface area contributed by atoms with Gasteiger partial charge in [-0.2, -0.15) is 0 Å². The number of thioether (sulfide) groups is 1. The van der Waals surface area contributed by atoms with Gasteiger partial charge in [-0.15, -0.1) is 0 Å². The van der Waals surface area contributed by atoms with E-state index in [0.29, 0.717) is 6.54 Å². The monoisotopic (exact) mass is 296 g/mol. The van der Waals surface area contributed by atoms with Crippen LogP contribution in [0.25, 0.3) is 0 Å². The summed E-state index contributed by atoms with van der Waals surface area (Å²) in [4.78, 5) is 16.3. The molecule has 0 aliphatic carbocycles. The number of pyridine rings is 1. The van der Waals surface area contributed by atoms with Crippen molar-refractivity contribution < 1.29 is 9.90 Å². The molecule has 1 atom stereocenters. The Morgan fingerprint density at radius 2 is 2.15 bits per heavy atom. The summed E-state index contributed by atoms with van der Waals surface area (Å²) >= 11 is 1.44. The van der Waals surface area contributed by atoms with E-state index in [2.05, 4.69) is 10.3 Å². The summed E-state index contributed by atoms with van der Waals surface area (Å²) in [6.45, 7) is 6.56. The van der Waals surface area contributed by atoms with Crippen LogP contribution < -0.4 is 5.32 Å². The smallest absolute Gasteiger partial charge is 0.233 e. The first-order valence-electron chi connectivity index (χ1n) is 7.03. The van der Waals surface area contributed by atoms with Gasteiger partial charge in [-0.1, -0.05) is 31.7 Å². The van der Waals surface area contributed by atoms with Gasteiger partial charge in [0.2, 0.25) is 5.91 Å². The molecule has 0 saturated carbocycles. The maximum Gasteiger partial charge on any atom is 0.233 e. The number of rotatable bonds is 8. The van der Waals surface area contributed by atoms with Gasteiger partial charge in [-0.3, -0.25) is 4.79 Å². The number of nitrogens with zero attached hydrogens (tertiary/aromatic N) is 1. The molecule has 0 spiro atoms. The van der Waals surface area contributed by atoms with Crippen LogP contribution in [0.3, 0.4) is 0 Å². The summed E-state index contributed by atoms with van der Waals surface area (Å²) in [7, 11) is 0. The SMILES string of the molecule is CCC(CC)(CO)CNC(=O)C(C)Sc1ccccn1. The molecule has 1 heterocycles. The van der Waals surface area contributed by atoms with Gasteiger partial charge in [-0.05, 0) is 31.9 Å². The number of nitrogens with one attached hydrogen (secondary N) is 1. The van der Waals surface area contributed by atoms with E-state index in [-0.39, 0.29) is 23.2 Å². The number of aliphatic hydroxyl groups is 1. The number of carbonyl (C=O) groups is 1. The Bertz CT molecular complexity index is 399. The average molecular weight is 296 g/mol. The highest BCUT2D eigenvalue weighted by Crippen LogP contribution is 2.25. The summed E-state index contributed by atoms with van der Waals surface area (Å²) in [6, 6.07) is 5.66. The van der Waals surface area contributed by atoms with Crippen molar-refractivity contribution in [2.24, 2.45) is 5.41 Å².